The number of hydrogen-bond acceptors (Lipinski definition) is 4. The number of amides is 1. The summed E-state index contributed by atoms with van der Waals surface area (Å²) in [6, 6.07) is 4.33. The van der Waals surface area contributed by atoms with Gasteiger partial charge in [0, 0.05) is 16.8 Å². The van der Waals surface area contributed by atoms with Gasteiger partial charge in [0.15, 0.2) is 0 Å². The molecule has 0 spiro atoms. The minimum atomic E-state index is -3.66. The van der Waals surface area contributed by atoms with Crippen LogP contribution in [0.3, 0.4) is 0 Å². The van der Waals surface area contributed by atoms with Crippen molar-refractivity contribution in [3.63, 3.8) is 0 Å². The first-order valence-electron chi connectivity index (χ1n) is 7.53. The molecular weight excluding hydrogens is 400 g/mol. The lowest BCUT2D eigenvalue weighted by Gasteiger charge is -2.23. The Morgan fingerprint density at radius 2 is 2.17 bits per heavy atom. The molecule has 1 saturated carbocycles. The molecule has 1 saturated heterocycles. The van der Waals surface area contributed by atoms with E-state index in [0.29, 0.717) is 24.1 Å². The highest BCUT2D eigenvalue weighted by molar-refractivity contribution is 9.10. The Morgan fingerprint density at radius 3 is 2.83 bits per heavy atom. The number of thioether (sulfide) groups is 1. The first kappa shape index (κ1) is 17.3. The lowest BCUT2D eigenvalue weighted by atomic mass is 10.2. The SMILES string of the molecule is Cc1cc(S(=O)(=O)N2CSCC2C(=O)NCC2CC2)ccc1Br. The second-order valence-corrected chi connectivity index (χ2v) is 9.75. The van der Waals surface area contributed by atoms with Gasteiger partial charge in [0.25, 0.3) is 0 Å². The number of halogens is 1. The van der Waals surface area contributed by atoms with Crippen molar-refractivity contribution in [3.8, 4) is 0 Å². The zero-order valence-corrected chi connectivity index (χ0v) is 16.0. The third kappa shape index (κ3) is 3.75. The molecule has 0 radical (unpaired) electrons. The summed E-state index contributed by atoms with van der Waals surface area (Å²) in [6.45, 7) is 2.51. The molecule has 1 N–H and O–H groups in total. The molecule has 1 unspecified atom stereocenters. The molecule has 5 nitrogen and oxygen atoms in total. The fourth-order valence-electron chi connectivity index (χ4n) is 2.47. The maximum atomic E-state index is 12.9. The van der Waals surface area contributed by atoms with Crippen LogP contribution in [-0.2, 0) is 14.8 Å². The van der Waals surface area contributed by atoms with E-state index < -0.39 is 16.1 Å². The summed E-state index contributed by atoms with van der Waals surface area (Å²) in [5.41, 5.74) is 0.854. The van der Waals surface area contributed by atoms with Crippen molar-refractivity contribution in [3.05, 3.63) is 28.2 Å². The van der Waals surface area contributed by atoms with Crippen molar-refractivity contribution in [2.75, 3.05) is 18.2 Å². The summed E-state index contributed by atoms with van der Waals surface area (Å²) >= 11 is 4.85. The number of aryl methyl sites for hydroxylation is 1. The average Bonchev–Trinajstić information content (AvgIpc) is 3.20. The molecule has 1 atom stereocenters. The molecule has 1 heterocycles. The van der Waals surface area contributed by atoms with Crippen LogP contribution in [0, 0.1) is 12.8 Å². The lowest BCUT2D eigenvalue weighted by Crippen LogP contribution is -2.47. The predicted molar refractivity (Wildman–Crippen MR) is 94.8 cm³/mol. The Labute approximate surface area is 149 Å². The predicted octanol–water partition coefficient (Wildman–Crippen LogP) is 2.35. The largest absolute Gasteiger partial charge is 0.354 e. The van der Waals surface area contributed by atoms with Crippen molar-refractivity contribution in [2.45, 2.75) is 30.7 Å². The lowest BCUT2D eigenvalue weighted by molar-refractivity contribution is -0.123. The molecule has 126 valence electrons. The Kier molecular flexibility index (Phi) is 5.06. The van der Waals surface area contributed by atoms with Crippen LogP contribution in [-0.4, -0.2) is 42.8 Å². The van der Waals surface area contributed by atoms with E-state index in [-0.39, 0.29) is 10.8 Å². The molecule has 8 heteroatoms. The van der Waals surface area contributed by atoms with E-state index in [1.54, 1.807) is 18.2 Å². The van der Waals surface area contributed by atoms with Gasteiger partial charge >= 0.3 is 0 Å². The Hall–Kier alpha value is -0.570. The molecule has 0 aromatic heterocycles. The van der Waals surface area contributed by atoms with Crippen molar-refractivity contribution in [2.24, 2.45) is 5.92 Å². The average molecular weight is 419 g/mol. The Balaban J connectivity index is 1.79. The van der Waals surface area contributed by atoms with E-state index >= 15 is 0 Å². The maximum Gasteiger partial charge on any atom is 0.244 e. The summed E-state index contributed by atoms with van der Waals surface area (Å²) in [7, 11) is -3.66. The monoisotopic (exact) mass is 418 g/mol. The van der Waals surface area contributed by atoms with Gasteiger partial charge in [0.05, 0.1) is 10.8 Å². The molecule has 3 rings (SSSR count). The molecule has 2 fully saturated rings. The van der Waals surface area contributed by atoms with Gasteiger partial charge in [-0.15, -0.1) is 11.8 Å². The first-order chi connectivity index (χ1) is 10.9. The van der Waals surface area contributed by atoms with Crippen molar-refractivity contribution < 1.29 is 13.2 Å². The minimum Gasteiger partial charge on any atom is -0.354 e. The van der Waals surface area contributed by atoms with Crippen LogP contribution in [0.15, 0.2) is 27.6 Å². The second kappa shape index (κ2) is 6.74. The van der Waals surface area contributed by atoms with E-state index in [9.17, 15) is 13.2 Å². The number of rotatable bonds is 5. The number of carbonyl (C=O) groups excluding carboxylic acids is 1. The van der Waals surface area contributed by atoms with Crippen molar-refractivity contribution in [1.82, 2.24) is 9.62 Å². The highest BCUT2D eigenvalue weighted by Crippen LogP contribution is 2.31. The van der Waals surface area contributed by atoms with Crippen molar-refractivity contribution >= 4 is 43.6 Å². The van der Waals surface area contributed by atoms with Crippen LogP contribution in [0.1, 0.15) is 18.4 Å². The molecule has 1 amide bonds. The number of hydrogen-bond donors (Lipinski definition) is 1. The van der Waals surface area contributed by atoms with E-state index in [0.717, 1.165) is 22.9 Å². The zero-order chi connectivity index (χ0) is 16.6. The highest BCUT2D eigenvalue weighted by atomic mass is 79.9. The Bertz CT molecular complexity index is 719. The van der Waals surface area contributed by atoms with Gasteiger partial charge in [-0.05, 0) is 49.4 Å². The highest BCUT2D eigenvalue weighted by Gasteiger charge is 2.40. The van der Waals surface area contributed by atoms with Gasteiger partial charge in [0.2, 0.25) is 15.9 Å². The minimum absolute atomic E-state index is 0.181. The molecule has 1 aliphatic carbocycles. The topological polar surface area (TPSA) is 66.5 Å². The Morgan fingerprint density at radius 1 is 1.43 bits per heavy atom. The third-order valence-electron chi connectivity index (χ3n) is 4.14. The number of carbonyl (C=O) groups is 1. The normalized spacial score (nSPS) is 22.3. The molecule has 1 aliphatic heterocycles. The number of sulfonamides is 1. The smallest absolute Gasteiger partial charge is 0.244 e. The van der Waals surface area contributed by atoms with Crippen LogP contribution in [0.4, 0.5) is 0 Å². The van der Waals surface area contributed by atoms with E-state index in [1.807, 2.05) is 6.92 Å². The first-order valence-corrected chi connectivity index (χ1v) is 10.9. The maximum absolute atomic E-state index is 12.9. The van der Waals surface area contributed by atoms with Crippen LogP contribution in [0.5, 0.6) is 0 Å². The fourth-order valence-corrected chi connectivity index (χ4v) is 5.95. The summed E-state index contributed by atoms with van der Waals surface area (Å²) in [4.78, 5) is 12.6. The van der Waals surface area contributed by atoms with Gasteiger partial charge in [-0.25, -0.2) is 8.42 Å². The van der Waals surface area contributed by atoms with Gasteiger partial charge in [-0.2, -0.15) is 4.31 Å². The summed E-state index contributed by atoms with van der Waals surface area (Å²) in [6.07, 6.45) is 2.31. The van der Waals surface area contributed by atoms with E-state index in [2.05, 4.69) is 21.2 Å². The summed E-state index contributed by atoms with van der Waals surface area (Å²) in [5, 5.41) is 2.89. The van der Waals surface area contributed by atoms with Crippen molar-refractivity contribution in [1.29, 1.82) is 0 Å². The number of benzene rings is 1. The van der Waals surface area contributed by atoms with Gasteiger partial charge in [-0.1, -0.05) is 15.9 Å². The third-order valence-corrected chi connectivity index (χ3v) is 8.06. The van der Waals surface area contributed by atoms with E-state index in [1.165, 1.54) is 16.1 Å². The van der Waals surface area contributed by atoms with Crippen LogP contribution in [0.2, 0.25) is 0 Å². The summed E-state index contributed by atoms with van der Waals surface area (Å²) < 4.78 is 27.9. The van der Waals surface area contributed by atoms with Crippen LogP contribution in [0.25, 0.3) is 0 Å². The number of nitrogens with one attached hydrogen (secondary N) is 1. The quantitative estimate of drug-likeness (QED) is 0.796. The second-order valence-electron chi connectivity index (χ2n) is 6.01. The molecule has 0 bridgehead atoms. The van der Waals surface area contributed by atoms with Gasteiger partial charge in [-0.3, -0.25) is 4.79 Å². The standard InChI is InChI=1S/C15H19BrN2O3S2/c1-10-6-12(4-5-13(10)16)23(20,21)18-9-22-8-14(18)15(19)17-7-11-2-3-11/h4-6,11,14H,2-3,7-9H2,1H3,(H,17,19). The van der Waals surface area contributed by atoms with Crippen LogP contribution < -0.4 is 5.32 Å². The molecule has 2 aliphatic rings. The molecule has 1 aromatic rings. The zero-order valence-electron chi connectivity index (χ0n) is 12.8. The summed E-state index contributed by atoms with van der Waals surface area (Å²) in [5.74, 6) is 1.22. The molecule has 23 heavy (non-hydrogen) atoms. The molecular formula is C15H19BrN2O3S2. The van der Waals surface area contributed by atoms with Gasteiger partial charge < -0.3 is 5.32 Å². The van der Waals surface area contributed by atoms with Gasteiger partial charge in [0.1, 0.15) is 6.04 Å². The number of nitrogens with zero attached hydrogens (tertiary/aromatic N) is 1. The van der Waals surface area contributed by atoms with Crippen LogP contribution >= 0.6 is 27.7 Å². The fraction of sp³-hybridized carbons (Fsp3) is 0.533. The van der Waals surface area contributed by atoms with E-state index in [4.69, 9.17) is 0 Å². The molecule has 1 aromatic carbocycles.